The Bertz CT molecular complexity index is 1380. The normalized spacial score (nSPS) is 14.0. The Morgan fingerprint density at radius 3 is 2.56 bits per heavy atom. The number of hydrogen-bond donors (Lipinski definition) is 1. The summed E-state index contributed by atoms with van der Waals surface area (Å²) in [6, 6.07) is 14.3. The zero-order valence-electron chi connectivity index (χ0n) is 18.8. The zero-order valence-corrected chi connectivity index (χ0v) is 20.5. The van der Waals surface area contributed by atoms with Crippen LogP contribution in [-0.4, -0.2) is 44.2 Å². The molecule has 2 heterocycles. The maximum atomic E-state index is 12.8. The van der Waals surface area contributed by atoms with Crippen molar-refractivity contribution in [3.8, 4) is 11.3 Å². The van der Waals surface area contributed by atoms with E-state index in [2.05, 4.69) is 15.4 Å². The molecule has 0 spiro atoms. The Labute approximate surface area is 201 Å². The number of benzene rings is 2. The summed E-state index contributed by atoms with van der Waals surface area (Å²) in [6.07, 6.45) is 1.58. The predicted molar refractivity (Wildman–Crippen MR) is 135 cm³/mol. The molecular formula is C23H23N5O4S2. The van der Waals surface area contributed by atoms with Gasteiger partial charge in [0, 0.05) is 30.8 Å². The second-order valence-electron chi connectivity index (χ2n) is 7.86. The summed E-state index contributed by atoms with van der Waals surface area (Å²) in [6.45, 7) is 1.92. The number of thiazole rings is 1. The average Bonchev–Trinajstić information content (AvgIpc) is 3.26. The lowest BCUT2D eigenvalue weighted by molar-refractivity contribution is -0.118. The number of nitrogens with one attached hydrogen (secondary N) is 1. The standard InChI is InChI=1S/C23H23N5O4S2/c1-15-5-4-6-18(13-15)28-21(29)12-11-19(26-28)22(30)25-23-24-20(14-33-23)16-7-9-17(10-8-16)27(2)34(3,31)32/h4-10,13-14H,11-12H2,1-3H3,(H,24,25,30). The summed E-state index contributed by atoms with van der Waals surface area (Å²) >= 11 is 1.27. The highest BCUT2D eigenvalue weighted by molar-refractivity contribution is 7.92. The SMILES string of the molecule is Cc1cccc(N2N=C(C(=O)Nc3nc(-c4ccc(N(C)S(C)(=O)=O)cc4)cs3)CCC2=O)c1. The molecule has 34 heavy (non-hydrogen) atoms. The molecule has 1 aliphatic rings. The van der Waals surface area contributed by atoms with Crippen LogP contribution in [0.4, 0.5) is 16.5 Å². The van der Waals surface area contributed by atoms with Gasteiger partial charge in [-0.3, -0.25) is 19.2 Å². The Balaban J connectivity index is 1.48. The highest BCUT2D eigenvalue weighted by Gasteiger charge is 2.26. The van der Waals surface area contributed by atoms with Crippen molar-refractivity contribution in [3.63, 3.8) is 0 Å². The molecule has 11 heteroatoms. The van der Waals surface area contributed by atoms with Crippen LogP contribution in [0.2, 0.25) is 0 Å². The number of aryl methyl sites for hydroxylation is 1. The first-order valence-electron chi connectivity index (χ1n) is 10.4. The minimum Gasteiger partial charge on any atom is -0.297 e. The van der Waals surface area contributed by atoms with Gasteiger partial charge in [0.05, 0.1) is 23.3 Å². The van der Waals surface area contributed by atoms with Crippen molar-refractivity contribution in [2.24, 2.45) is 5.10 Å². The Kier molecular flexibility index (Phi) is 6.49. The number of hydrogen-bond acceptors (Lipinski definition) is 7. The van der Waals surface area contributed by atoms with Crippen LogP contribution in [0.1, 0.15) is 18.4 Å². The molecule has 9 nitrogen and oxygen atoms in total. The van der Waals surface area contributed by atoms with Crippen molar-refractivity contribution in [1.82, 2.24) is 4.98 Å². The third-order valence-corrected chi connectivity index (χ3v) is 7.25. The van der Waals surface area contributed by atoms with Crippen molar-refractivity contribution < 1.29 is 18.0 Å². The Hall–Kier alpha value is -3.57. The molecule has 4 rings (SSSR count). The largest absolute Gasteiger partial charge is 0.297 e. The second-order valence-corrected chi connectivity index (χ2v) is 10.7. The molecule has 0 radical (unpaired) electrons. The van der Waals surface area contributed by atoms with Gasteiger partial charge in [-0.2, -0.15) is 5.10 Å². The van der Waals surface area contributed by atoms with Crippen molar-refractivity contribution >= 4 is 55.4 Å². The van der Waals surface area contributed by atoms with Crippen LogP contribution in [0.5, 0.6) is 0 Å². The van der Waals surface area contributed by atoms with Crippen LogP contribution in [0.3, 0.4) is 0 Å². The van der Waals surface area contributed by atoms with Crippen LogP contribution in [0.25, 0.3) is 11.3 Å². The van der Waals surface area contributed by atoms with Gasteiger partial charge in [-0.1, -0.05) is 24.3 Å². The van der Waals surface area contributed by atoms with Gasteiger partial charge in [0.25, 0.3) is 5.91 Å². The fourth-order valence-corrected chi connectivity index (χ4v) is 4.56. The van der Waals surface area contributed by atoms with Crippen LogP contribution >= 0.6 is 11.3 Å². The molecule has 2 aromatic carbocycles. The lowest BCUT2D eigenvalue weighted by Crippen LogP contribution is -2.36. The summed E-state index contributed by atoms with van der Waals surface area (Å²) in [5, 5.41) is 10.5. The number of nitrogens with zero attached hydrogens (tertiary/aromatic N) is 4. The molecule has 0 saturated heterocycles. The monoisotopic (exact) mass is 497 g/mol. The van der Waals surface area contributed by atoms with E-state index < -0.39 is 15.9 Å². The number of sulfonamides is 1. The third kappa shape index (κ3) is 5.15. The molecule has 176 valence electrons. The summed E-state index contributed by atoms with van der Waals surface area (Å²) in [5.74, 6) is -0.570. The zero-order chi connectivity index (χ0) is 24.5. The van der Waals surface area contributed by atoms with Crippen LogP contribution in [0.15, 0.2) is 59.0 Å². The first-order chi connectivity index (χ1) is 16.1. The number of amides is 2. The van der Waals surface area contributed by atoms with Gasteiger partial charge in [0.2, 0.25) is 15.9 Å². The highest BCUT2D eigenvalue weighted by atomic mass is 32.2. The van der Waals surface area contributed by atoms with E-state index in [9.17, 15) is 18.0 Å². The number of carbonyl (C=O) groups excluding carboxylic acids is 2. The molecule has 1 aromatic heterocycles. The molecule has 0 aliphatic carbocycles. The van der Waals surface area contributed by atoms with Gasteiger partial charge in [-0.15, -0.1) is 11.3 Å². The minimum absolute atomic E-state index is 0.163. The molecule has 0 fully saturated rings. The molecule has 0 atom stereocenters. The Morgan fingerprint density at radius 2 is 1.88 bits per heavy atom. The quantitative estimate of drug-likeness (QED) is 0.559. The maximum Gasteiger partial charge on any atom is 0.273 e. The fourth-order valence-electron chi connectivity index (χ4n) is 3.34. The number of hydrazone groups is 1. The van der Waals surface area contributed by atoms with E-state index in [1.807, 2.05) is 25.1 Å². The van der Waals surface area contributed by atoms with E-state index in [4.69, 9.17) is 0 Å². The van der Waals surface area contributed by atoms with Crippen LogP contribution in [0, 0.1) is 6.92 Å². The lowest BCUT2D eigenvalue weighted by Gasteiger charge is -2.23. The second kappa shape index (κ2) is 9.35. The number of rotatable bonds is 6. The molecule has 0 bridgehead atoms. The molecule has 2 amide bonds. The summed E-state index contributed by atoms with van der Waals surface area (Å²) in [5.41, 5.74) is 3.84. The number of aromatic nitrogens is 1. The maximum absolute atomic E-state index is 12.8. The Morgan fingerprint density at radius 1 is 1.15 bits per heavy atom. The number of anilines is 3. The van der Waals surface area contributed by atoms with Gasteiger partial charge < -0.3 is 0 Å². The van der Waals surface area contributed by atoms with Crippen LogP contribution < -0.4 is 14.6 Å². The van der Waals surface area contributed by atoms with Crippen molar-refractivity contribution in [2.45, 2.75) is 19.8 Å². The van der Waals surface area contributed by atoms with Gasteiger partial charge in [0.1, 0.15) is 5.71 Å². The molecular weight excluding hydrogens is 474 g/mol. The van der Waals surface area contributed by atoms with E-state index in [1.165, 1.54) is 27.7 Å². The molecule has 3 aromatic rings. The summed E-state index contributed by atoms with van der Waals surface area (Å²) < 4.78 is 24.6. The first-order valence-corrected chi connectivity index (χ1v) is 13.1. The van der Waals surface area contributed by atoms with Crippen molar-refractivity contribution in [1.29, 1.82) is 0 Å². The third-order valence-electron chi connectivity index (χ3n) is 5.29. The van der Waals surface area contributed by atoms with Gasteiger partial charge in [-0.25, -0.2) is 18.4 Å². The van der Waals surface area contributed by atoms with E-state index in [0.717, 1.165) is 17.4 Å². The van der Waals surface area contributed by atoms with Crippen LogP contribution in [-0.2, 0) is 19.6 Å². The van der Waals surface area contributed by atoms with E-state index in [-0.39, 0.29) is 24.5 Å². The van der Waals surface area contributed by atoms with Crippen molar-refractivity contribution in [2.75, 3.05) is 27.9 Å². The predicted octanol–water partition coefficient (Wildman–Crippen LogP) is 3.64. The summed E-state index contributed by atoms with van der Waals surface area (Å²) in [4.78, 5) is 29.6. The number of carbonyl (C=O) groups is 2. The van der Waals surface area contributed by atoms with E-state index >= 15 is 0 Å². The van der Waals surface area contributed by atoms with Gasteiger partial charge >= 0.3 is 0 Å². The van der Waals surface area contributed by atoms with Crippen molar-refractivity contribution in [3.05, 3.63) is 59.5 Å². The summed E-state index contributed by atoms with van der Waals surface area (Å²) in [7, 11) is -1.86. The van der Waals surface area contributed by atoms with E-state index in [0.29, 0.717) is 22.2 Å². The minimum atomic E-state index is -3.34. The topological polar surface area (TPSA) is 112 Å². The first kappa shape index (κ1) is 23.6. The van der Waals surface area contributed by atoms with Gasteiger partial charge in [-0.05, 0) is 36.8 Å². The average molecular weight is 498 g/mol. The molecule has 1 aliphatic heterocycles. The lowest BCUT2D eigenvalue weighted by atomic mass is 10.1. The van der Waals surface area contributed by atoms with E-state index in [1.54, 1.807) is 35.7 Å². The molecule has 1 N–H and O–H groups in total. The smallest absolute Gasteiger partial charge is 0.273 e. The highest BCUT2D eigenvalue weighted by Crippen LogP contribution is 2.28. The van der Waals surface area contributed by atoms with Gasteiger partial charge in [0.15, 0.2) is 5.13 Å². The molecule has 0 unspecified atom stereocenters. The fraction of sp³-hybridized carbons (Fsp3) is 0.217. The molecule has 0 saturated carbocycles.